The van der Waals surface area contributed by atoms with Gasteiger partial charge in [-0.05, 0) is 36.4 Å². The topological polar surface area (TPSA) is 27.7 Å². The van der Waals surface area contributed by atoms with E-state index in [9.17, 15) is 0 Å². The molecule has 0 heterocycles. The van der Waals surface area contributed by atoms with Crippen molar-refractivity contribution in [1.29, 1.82) is 0 Å². The molecule has 0 unspecified atom stereocenters. The van der Waals surface area contributed by atoms with Gasteiger partial charge in [0.15, 0.2) is 0 Å². The predicted molar refractivity (Wildman–Crippen MR) is 144 cm³/mol. The molecule has 4 aromatic carbocycles. The molecule has 0 spiro atoms. The fourth-order valence-electron chi connectivity index (χ4n) is 5.28. The summed E-state index contributed by atoms with van der Waals surface area (Å²) in [6.45, 7) is 9.02. The monoisotopic (exact) mass is 622 g/mol. The van der Waals surface area contributed by atoms with E-state index in [2.05, 4.69) is 82.3 Å². The molecule has 0 amide bonds. The summed E-state index contributed by atoms with van der Waals surface area (Å²) in [5, 5.41) is 5.23. The molecular weight excluding hydrogens is 591 g/mol. The van der Waals surface area contributed by atoms with Crippen molar-refractivity contribution in [2.24, 2.45) is 0 Å². The summed E-state index contributed by atoms with van der Waals surface area (Å²) in [5.74, 6) is 2.57. The Kier molecular flexibility index (Phi) is 14.4. The first-order chi connectivity index (χ1) is 16.4. The zero-order valence-electron chi connectivity index (χ0n) is 22.8. The Morgan fingerprint density at radius 3 is 1.08 bits per heavy atom. The average Bonchev–Trinajstić information content (AvgIpc) is 3.08. The maximum absolute atomic E-state index is 5.71. The molecule has 38 heavy (non-hydrogen) atoms. The summed E-state index contributed by atoms with van der Waals surface area (Å²) in [6.07, 6.45) is 0. The van der Waals surface area contributed by atoms with Gasteiger partial charge in [0, 0.05) is 0 Å². The van der Waals surface area contributed by atoms with Crippen LogP contribution in [0.15, 0.2) is 72.8 Å². The van der Waals surface area contributed by atoms with Gasteiger partial charge in [0.2, 0.25) is 0 Å². The van der Waals surface area contributed by atoms with Gasteiger partial charge in [-0.25, -0.2) is 0 Å². The molecule has 0 saturated heterocycles. The van der Waals surface area contributed by atoms with Crippen LogP contribution in [-0.2, 0) is 21.7 Å². The maximum atomic E-state index is 5.71. The van der Waals surface area contributed by atoms with Gasteiger partial charge in [0.25, 0.3) is 0 Å². The van der Waals surface area contributed by atoms with E-state index in [0.29, 0.717) is 0 Å². The van der Waals surface area contributed by atoms with Crippen molar-refractivity contribution in [2.45, 2.75) is 27.7 Å². The molecular formula is C30H33Cl3O3SiTi. The van der Waals surface area contributed by atoms with E-state index in [4.69, 9.17) is 14.2 Å². The van der Waals surface area contributed by atoms with Crippen molar-refractivity contribution < 1.29 is 73.1 Å². The smallest absolute Gasteiger partial charge is 1.00 e. The Morgan fingerprint density at radius 2 is 0.816 bits per heavy atom. The van der Waals surface area contributed by atoms with E-state index < -0.39 is 8.07 Å². The minimum Gasteiger partial charge on any atom is -1.00 e. The van der Waals surface area contributed by atoms with Crippen LogP contribution in [0.25, 0.3) is 0 Å². The Bertz CT molecular complexity index is 1200. The van der Waals surface area contributed by atoms with E-state index in [0.717, 1.165) is 17.2 Å². The van der Waals surface area contributed by atoms with Gasteiger partial charge < -0.3 is 51.4 Å². The molecule has 0 saturated carbocycles. The Balaban J connectivity index is 0.00000342. The van der Waals surface area contributed by atoms with Gasteiger partial charge in [-0.1, -0.05) is 79.7 Å². The summed E-state index contributed by atoms with van der Waals surface area (Å²) in [4.78, 5) is 0. The van der Waals surface area contributed by atoms with Crippen LogP contribution in [0.1, 0.15) is 22.3 Å². The molecule has 0 aromatic heterocycles. The molecule has 0 aliphatic carbocycles. The molecule has 0 atom stereocenters. The second-order valence-electron chi connectivity index (χ2n) is 8.82. The second kappa shape index (κ2) is 15.1. The van der Waals surface area contributed by atoms with E-state index in [1.54, 1.807) is 21.3 Å². The first-order valence-electron chi connectivity index (χ1n) is 11.6. The van der Waals surface area contributed by atoms with E-state index in [1.807, 2.05) is 18.2 Å². The van der Waals surface area contributed by atoms with Crippen molar-refractivity contribution in [1.82, 2.24) is 0 Å². The maximum Gasteiger partial charge on any atom is 4.00 e. The minimum absolute atomic E-state index is 0. The third-order valence-corrected chi connectivity index (χ3v) is 12.4. The van der Waals surface area contributed by atoms with Gasteiger partial charge >= 0.3 is 21.7 Å². The van der Waals surface area contributed by atoms with Crippen LogP contribution in [0.3, 0.4) is 0 Å². The van der Waals surface area contributed by atoms with E-state index in [1.165, 1.54) is 43.0 Å². The number of rotatable bonds is 7. The standard InChI is InChI=1S/C30H33O3Si.3ClH.Ti/c1-20-21(2)23(4)30(22(20)3)34(27-14-8-11-24(17-27)31-5,28-15-9-12-25(18-28)32-6)29-16-10-13-26(19-29)33-7;;;;/h8-19H,1-7H3;3*1H;/q-1;;;;+4/p-3. The molecule has 8 heteroatoms. The molecule has 200 valence electrons. The molecule has 4 aromatic rings. The van der Waals surface area contributed by atoms with Crippen molar-refractivity contribution in [3.05, 3.63) is 95.1 Å². The van der Waals surface area contributed by atoms with E-state index in [-0.39, 0.29) is 58.9 Å². The molecule has 0 aliphatic heterocycles. The van der Waals surface area contributed by atoms with Crippen LogP contribution >= 0.6 is 0 Å². The largest absolute Gasteiger partial charge is 4.00 e. The third kappa shape index (κ3) is 6.17. The van der Waals surface area contributed by atoms with Gasteiger partial charge in [-0.15, -0.1) is 5.19 Å². The first-order valence-corrected chi connectivity index (χ1v) is 13.6. The molecule has 0 radical (unpaired) electrons. The zero-order chi connectivity index (χ0) is 24.5. The van der Waals surface area contributed by atoms with Crippen LogP contribution in [0, 0.1) is 27.7 Å². The minimum atomic E-state index is -2.78. The van der Waals surface area contributed by atoms with Crippen LogP contribution in [0.4, 0.5) is 0 Å². The van der Waals surface area contributed by atoms with E-state index >= 15 is 0 Å². The summed E-state index contributed by atoms with van der Waals surface area (Å²) >= 11 is 0. The number of hydrogen-bond donors (Lipinski definition) is 0. The fourth-order valence-corrected chi connectivity index (χ4v) is 10.8. The SMILES string of the molecule is COc1cccc([Si](c2cccc(OC)c2)(c2cccc(OC)c2)[c-]2c(C)c(C)c(C)c2C)c1.[Cl-].[Cl-].[Cl-].[Ti+4]. The zero-order valence-corrected chi connectivity index (χ0v) is 27.6. The molecule has 0 aliphatic rings. The van der Waals surface area contributed by atoms with Crippen LogP contribution in [-0.4, -0.2) is 29.4 Å². The Hall–Kier alpha value is -1.79. The van der Waals surface area contributed by atoms with Gasteiger partial charge in [-0.3, -0.25) is 0 Å². The number of halogens is 3. The van der Waals surface area contributed by atoms with Gasteiger partial charge in [-0.2, -0.15) is 22.3 Å². The number of methoxy groups -OCH3 is 3. The molecule has 4 rings (SSSR count). The van der Waals surface area contributed by atoms with Crippen molar-refractivity contribution in [3.8, 4) is 17.2 Å². The third-order valence-electron chi connectivity index (χ3n) is 7.32. The predicted octanol–water partition coefficient (Wildman–Crippen LogP) is -4.95. The first kappa shape index (κ1) is 36.2. The average molecular weight is 624 g/mol. The fraction of sp³-hybridized carbons (Fsp3) is 0.233. The molecule has 3 nitrogen and oxygen atoms in total. The summed E-state index contributed by atoms with van der Waals surface area (Å²) in [5.41, 5.74) is 5.43. The number of hydrogen-bond acceptors (Lipinski definition) is 3. The molecule has 0 fully saturated rings. The van der Waals surface area contributed by atoms with Crippen LogP contribution in [0.2, 0.25) is 0 Å². The summed E-state index contributed by atoms with van der Waals surface area (Å²) < 4.78 is 17.1. The molecule has 0 N–H and O–H groups in total. The number of benzene rings is 3. The van der Waals surface area contributed by atoms with Crippen molar-refractivity contribution in [3.63, 3.8) is 0 Å². The molecule has 0 bridgehead atoms. The van der Waals surface area contributed by atoms with Crippen LogP contribution in [0.5, 0.6) is 17.2 Å². The summed E-state index contributed by atoms with van der Waals surface area (Å²) in [6, 6.07) is 25.7. The second-order valence-corrected chi connectivity index (χ2v) is 12.6. The normalized spacial score (nSPS) is 10.2. The van der Waals surface area contributed by atoms with Crippen molar-refractivity contribution in [2.75, 3.05) is 21.3 Å². The quantitative estimate of drug-likeness (QED) is 0.117. The Morgan fingerprint density at radius 1 is 0.526 bits per heavy atom. The van der Waals surface area contributed by atoms with Gasteiger partial charge in [0.1, 0.15) is 25.3 Å². The summed E-state index contributed by atoms with van der Waals surface area (Å²) in [7, 11) is 2.40. The number of ether oxygens (including phenoxy) is 3. The van der Waals surface area contributed by atoms with Crippen LogP contribution < -0.4 is 72.2 Å². The van der Waals surface area contributed by atoms with Gasteiger partial charge in [0.05, 0.1) is 21.3 Å². The van der Waals surface area contributed by atoms with Crippen molar-refractivity contribution >= 4 is 28.8 Å². The Labute approximate surface area is 261 Å².